The molecule has 0 unspecified atom stereocenters. The third kappa shape index (κ3) is 2.78. The molecule has 0 radical (unpaired) electrons. The first-order valence-corrected chi connectivity index (χ1v) is 7.10. The summed E-state index contributed by atoms with van der Waals surface area (Å²) in [6.45, 7) is 0.516. The Balaban J connectivity index is 1.83. The Morgan fingerprint density at radius 2 is 1.90 bits per heavy atom. The molecule has 4 heteroatoms. The molecule has 3 aromatic rings. The molecule has 3 nitrogen and oxygen atoms in total. The zero-order valence-electron chi connectivity index (χ0n) is 11.6. The summed E-state index contributed by atoms with van der Waals surface area (Å²) in [5.74, 6) is -0.0892. The van der Waals surface area contributed by atoms with E-state index < -0.39 is 0 Å². The van der Waals surface area contributed by atoms with E-state index in [-0.39, 0.29) is 5.91 Å². The van der Waals surface area contributed by atoms with Crippen LogP contribution >= 0.6 is 11.6 Å². The molecule has 1 heterocycles. The lowest BCUT2D eigenvalue weighted by Gasteiger charge is -2.06. The molecule has 2 aromatic carbocycles. The number of carbonyl (C=O) groups excluding carboxylic acids is 1. The van der Waals surface area contributed by atoms with Crippen LogP contribution in [-0.4, -0.2) is 10.5 Å². The topological polar surface area (TPSA) is 34.0 Å². The maximum Gasteiger partial charge on any atom is 0.268 e. The fourth-order valence-electron chi connectivity index (χ4n) is 2.39. The van der Waals surface area contributed by atoms with E-state index in [9.17, 15) is 4.79 Å². The first-order chi connectivity index (χ1) is 10.1. The van der Waals surface area contributed by atoms with Gasteiger partial charge in [-0.25, -0.2) is 0 Å². The van der Waals surface area contributed by atoms with Crippen LogP contribution in [0.15, 0.2) is 54.6 Å². The van der Waals surface area contributed by atoms with Crippen molar-refractivity contribution in [2.24, 2.45) is 7.05 Å². The van der Waals surface area contributed by atoms with Crippen molar-refractivity contribution in [3.05, 3.63) is 70.9 Å². The molecule has 21 heavy (non-hydrogen) atoms. The first kappa shape index (κ1) is 13.7. The average Bonchev–Trinajstić information content (AvgIpc) is 2.83. The van der Waals surface area contributed by atoms with Crippen molar-refractivity contribution < 1.29 is 4.79 Å². The van der Waals surface area contributed by atoms with Gasteiger partial charge in [-0.1, -0.05) is 48.0 Å². The SMILES string of the molecule is Cn1c(C(=O)NCc2ccccc2)cc2ccc(Cl)cc21. The summed E-state index contributed by atoms with van der Waals surface area (Å²) < 4.78 is 1.86. The molecule has 1 aromatic heterocycles. The van der Waals surface area contributed by atoms with Gasteiger partial charge in [0, 0.05) is 29.5 Å². The predicted octanol–water partition coefficient (Wildman–Crippen LogP) is 3.76. The third-order valence-electron chi connectivity index (χ3n) is 3.54. The van der Waals surface area contributed by atoms with Crippen LogP contribution in [0.2, 0.25) is 5.02 Å². The number of rotatable bonds is 3. The molecular formula is C17H15ClN2O. The smallest absolute Gasteiger partial charge is 0.268 e. The van der Waals surface area contributed by atoms with Crippen molar-refractivity contribution in [2.45, 2.75) is 6.54 Å². The zero-order chi connectivity index (χ0) is 14.8. The molecule has 1 amide bonds. The van der Waals surface area contributed by atoms with Crippen molar-refractivity contribution in [1.29, 1.82) is 0 Å². The summed E-state index contributed by atoms with van der Waals surface area (Å²) in [6, 6.07) is 17.3. The van der Waals surface area contributed by atoms with Gasteiger partial charge in [-0.05, 0) is 23.8 Å². The molecule has 1 N–H and O–H groups in total. The molecule has 0 aliphatic heterocycles. The summed E-state index contributed by atoms with van der Waals surface area (Å²) in [6.07, 6.45) is 0. The molecule has 0 spiro atoms. The summed E-state index contributed by atoms with van der Waals surface area (Å²) in [5, 5.41) is 4.61. The van der Waals surface area contributed by atoms with E-state index >= 15 is 0 Å². The van der Waals surface area contributed by atoms with Crippen LogP contribution in [0.4, 0.5) is 0 Å². The highest BCUT2D eigenvalue weighted by atomic mass is 35.5. The quantitative estimate of drug-likeness (QED) is 0.785. The number of nitrogens with zero attached hydrogens (tertiary/aromatic N) is 1. The highest BCUT2D eigenvalue weighted by Crippen LogP contribution is 2.22. The molecule has 0 atom stereocenters. The van der Waals surface area contributed by atoms with Crippen LogP contribution in [0.3, 0.4) is 0 Å². The van der Waals surface area contributed by atoms with Crippen LogP contribution in [0.25, 0.3) is 10.9 Å². The Labute approximate surface area is 128 Å². The number of benzene rings is 2. The van der Waals surface area contributed by atoms with Gasteiger partial charge in [0.15, 0.2) is 0 Å². The number of hydrogen-bond donors (Lipinski definition) is 1. The van der Waals surface area contributed by atoms with E-state index in [2.05, 4.69) is 5.32 Å². The summed E-state index contributed by atoms with van der Waals surface area (Å²) in [7, 11) is 1.87. The van der Waals surface area contributed by atoms with Crippen molar-refractivity contribution in [2.75, 3.05) is 0 Å². The molecule has 106 valence electrons. The third-order valence-corrected chi connectivity index (χ3v) is 3.77. The van der Waals surface area contributed by atoms with Gasteiger partial charge in [-0.2, -0.15) is 0 Å². The van der Waals surface area contributed by atoms with Gasteiger partial charge in [0.25, 0.3) is 5.91 Å². The zero-order valence-corrected chi connectivity index (χ0v) is 12.4. The minimum Gasteiger partial charge on any atom is -0.347 e. The van der Waals surface area contributed by atoms with Crippen molar-refractivity contribution in [3.63, 3.8) is 0 Å². The van der Waals surface area contributed by atoms with Gasteiger partial charge in [-0.15, -0.1) is 0 Å². The summed E-state index contributed by atoms with van der Waals surface area (Å²) in [4.78, 5) is 12.3. The lowest BCUT2D eigenvalue weighted by atomic mass is 10.2. The molecule has 0 saturated carbocycles. The maximum atomic E-state index is 12.3. The number of hydrogen-bond acceptors (Lipinski definition) is 1. The van der Waals surface area contributed by atoms with Crippen LogP contribution in [-0.2, 0) is 13.6 Å². The molecule has 0 bridgehead atoms. The number of aromatic nitrogens is 1. The summed E-state index contributed by atoms with van der Waals surface area (Å²) >= 11 is 6.01. The highest BCUT2D eigenvalue weighted by molar-refractivity contribution is 6.31. The Morgan fingerprint density at radius 3 is 2.67 bits per heavy atom. The largest absolute Gasteiger partial charge is 0.347 e. The number of nitrogens with one attached hydrogen (secondary N) is 1. The van der Waals surface area contributed by atoms with E-state index in [0.717, 1.165) is 16.5 Å². The highest BCUT2D eigenvalue weighted by Gasteiger charge is 2.13. The van der Waals surface area contributed by atoms with Gasteiger partial charge in [0.2, 0.25) is 0 Å². The van der Waals surface area contributed by atoms with Crippen molar-refractivity contribution in [1.82, 2.24) is 9.88 Å². The van der Waals surface area contributed by atoms with Crippen molar-refractivity contribution in [3.8, 4) is 0 Å². The molecule has 0 fully saturated rings. The van der Waals surface area contributed by atoms with E-state index in [1.165, 1.54) is 0 Å². The minimum atomic E-state index is -0.0892. The van der Waals surface area contributed by atoms with Crippen LogP contribution in [0, 0.1) is 0 Å². The second kappa shape index (κ2) is 5.62. The number of aryl methyl sites for hydroxylation is 1. The van der Waals surface area contributed by atoms with Crippen LogP contribution in [0.5, 0.6) is 0 Å². The fraction of sp³-hybridized carbons (Fsp3) is 0.118. The number of carbonyl (C=O) groups is 1. The molecular weight excluding hydrogens is 284 g/mol. The number of halogens is 1. The Hall–Kier alpha value is -2.26. The number of fused-ring (bicyclic) bond motifs is 1. The molecule has 0 aliphatic rings. The second-order valence-electron chi connectivity index (χ2n) is 4.96. The normalized spacial score (nSPS) is 10.8. The van der Waals surface area contributed by atoms with Gasteiger partial charge in [0.1, 0.15) is 5.69 Å². The van der Waals surface area contributed by atoms with Gasteiger partial charge in [-0.3, -0.25) is 4.79 Å². The van der Waals surface area contributed by atoms with Gasteiger partial charge < -0.3 is 9.88 Å². The fourth-order valence-corrected chi connectivity index (χ4v) is 2.56. The van der Waals surface area contributed by atoms with Gasteiger partial charge >= 0.3 is 0 Å². The predicted molar refractivity (Wildman–Crippen MR) is 85.5 cm³/mol. The second-order valence-corrected chi connectivity index (χ2v) is 5.40. The molecule has 0 saturated heterocycles. The first-order valence-electron chi connectivity index (χ1n) is 6.72. The van der Waals surface area contributed by atoms with E-state index in [4.69, 9.17) is 11.6 Å². The van der Waals surface area contributed by atoms with Crippen molar-refractivity contribution >= 4 is 28.4 Å². The molecule has 3 rings (SSSR count). The average molecular weight is 299 g/mol. The van der Waals surface area contributed by atoms with Crippen LogP contribution in [0.1, 0.15) is 16.1 Å². The Kier molecular flexibility index (Phi) is 3.67. The van der Waals surface area contributed by atoms with E-state index in [1.54, 1.807) is 0 Å². The Bertz CT molecular complexity index is 793. The number of amides is 1. The minimum absolute atomic E-state index is 0.0892. The van der Waals surface area contributed by atoms with Gasteiger partial charge in [0.05, 0.1) is 0 Å². The summed E-state index contributed by atoms with van der Waals surface area (Å²) in [5.41, 5.74) is 2.66. The standard InChI is InChI=1S/C17H15ClN2O/c1-20-15-10-14(18)8-7-13(15)9-16(20)17(21)19-11-12-5-3-2-4-6-12/h2-10H,11H2,1H3,(H,19,21). The lowest BCUT2D eigenvalue weighted by Crippen LogP contribution is -2.24. The Morgan fingerprint density at radius 1 is 1.14 bits per heavy atom. The monoisotopic (exact) mass is 298 g/mol. The van der Waals surface area contributed by atoms with E-state index in [0.29, 0.717) is 17.3 Å². The van der Waals surface area contributed by atoms with E-state index in [1.807, 2.05) is 66.2 Å². The maximum absolute atomic E-state index is 12.3. The lowest BCUT2D eigenvalue weighted by molar-refractivity contribution is 0.0943. The van der Waals surface area contributed by atoms with Crippen LogP contribution < -0.4 is 5.32 Å². The molecule has 0 aliphatic carbocycles.